The number of benzene rings is 2. The van der Waals surface area contributed by atoms with Gasteiger partial charge in [-0.05, 0) is 108 Å². The van der Waals surface area contributed by atoms with Gasteiger partial charge in [0, 0.05) is 41.3 Å². The lowest BCUT2D eigenvalue weighted by Crippen LogP contribution is -1.95. The molecule has 7 heteroatoms. The highest BCUT2D eigenvalue weighted by molar-refractivity contribution is 5.80. The molecule has 0 aliphatic heterocycles. The van der Waals surface area contributed by atoms with E-state index in [-0.39, 0.29) is 0 Å². The molecular formula is C31H30N4O3. The van der Waals surface area contributed by atoms with Crippen LogP contribution in [0.4, 0.5) is 11.4 Å². The molecule has 192 valence electrons. The normalized spacial score (nSPS) is 13.0. The first kappa shape index (κ1) is 25.2. The number of hydrogen-bond acceptors (Lipinski definition) is 7. The molecule has 7 nitrogen and oxygen atoms in total. The Kier molecular flexibility index (Phi) is 7.47. The third kappa shape index (κ3) is 5.29. The average molecular weight is 507 g/mol. The first-order chi connectivity index (χ1) is 18.6. The second-order valence-corrected chi connectivity index (χ2v) is 9.43. The van der Waals surface area contributed by atoms with Gasteiger partial charge in [-0.3, -0.25) is 0 Å². The van der Waals surface area contributed by atoms with Crippen molar-refractivity contribution in [2.75, 3.05) is 20.0 Å². The number of methoxy groups -OCH3 is 2. The monoisotopic (exact) mass is 506 g/mol. The van der Waals surface area contributed by atoms with E-state index in [9.17, 15) is 4.79 Å². The third-order valence-corrected chi connectivity index (χ3v) is 7.15. The van der Waals surface area contributed by atoms with Crippen LogP contribution in [-0.2, 0) is 30.5 Å². The molecule has 0 radical (unpaired) electrons. The minimum absolute atomic E-state index is 0.545. The zero-order chi connectivity index (χ0) is 26.5. The van der Waals surface area contributed by atoms with E-state index in [0.29, 0.717) is 17.4 Å². The van der Waals surface area contributed by atoms with Crippen LogP contribution in [-0.4, -0.2) is 30.3 Å². The molecule has 0 saturated heterocycles. The quantitative estimate of drug-likeness (QED) is 0.201. The van der Waals surface area contributed by atoms with E-state index in [1.807, 2.05) is 30.3 Å². The highest BCUT2D eigenvalue weighted by Gasteiger charge is 2.17. The molecule has 4 aromatic rings. The summed E-state index contributed by atoms with van der Waals surface area (Å²) in [5.74, 6) is 1.16. The van der Waals surface area contributed by atoms with Crippen LogP contribution in [0.15, 0.2) is 65.9 Å². The molecule has 2 heterocycles. The van der Waals surface area contributed by atoms with Crippen LogP contribution in [0.3, 0.4) is 0 Å². The lowest BCUT2D eigenvalue weighted by molar-refractivity contribution is 0.398. The van der Waals surface area contributed by atoms with E-state index in [2.05, 4.69) is 33.2 Å². The predicted molar refractivity (Wildman–Crippen MR) is 149 cm³/mol. The Hall–Kier alpha value is -4.48. The number of nitrogens with zero attached hydrogens (tertiary/aromatic N) is 3. The fraction of sp³-hybridized carbons (Fsp3) is 0.258. The Labute approximate surface area is 222 Å². The Morgan fingerprint density at radius 3 is 1.79 bits per heavy atom. The van der Waals surface area contributed by atoms with Gasteiger partial charge in [-0.2, -0.15) is 4.99 Å². The molecule has 2 aromatic heterocycles. The lowest BCUT2D eigenvalue weighted by atomic mass is 9.99. The molecule has 6 rings (SSSR count). The first-order valence-corrected chi connectivity index (χ1v) is 12.8. The van der Waals surface area contributed by atoms with Crippen molar-refractivity contribution in [1.29, 1.82) is 0 Å². The Morgan fingerprint density at radius 2 is 1.24 bits per heavy atom. The Bertz CT molecular complexity index is 1530. The van der Waals surface area contributed by atoms with Crippen LogP contribution < -0.4 is 15.2 Å². The summed E-state index contributed by atoms with van der Waals surface area (Å²) < 4.78 is 10.3. The van der Waals surface area contributed by atoms with E-state index in [0.717, 1.165) is 60.0 Å². The standard InChI is InChI=1S/C16H14N2O2.C15H16N2O/c1-20-16-9-13(5-6-17-16)14-7-11-3-2-4-12(11)8-15(14)18-10-19;1-18-15-9-12(5-6-17-15)13-7-10-3-2-4-11(10)8-14(13)16/h5-9H,2-4H2,1H3;5-9H,2-4,16H2,1H3. The number of nitrogen functional groups attached to an aromatic ring is 1. The average Bonchev–Trinajstić information content (AvgIpc) is 3.61. The molecule has 0 saturated carbocycles. The second kappa shape index (κ2) is 11.3. The fourth-order valence-electron chi connectivity index (χ4n) is 5.25. The summed E-state index contributed by atoms with van der Waals surface area (Å²) in [6, 6.07) is 16.1. The molecule has 0 fully saturated rings. The summed E-state index contributed by atoms with van der Waals surface area (Å²) >= 11 is 0. The highest BCUT2D eigenvalue weighted by atomic mass is 16.5. The van der Waals surface area contributed by atoms with Gasteiger partial charge in [-0.1, -0.05) is 0 Å². The molecule has 0 bridgehead atoms. The predicted octanol–water partition coefficient (Wildman–Crippen LogP) is 6.04. The molecule has 2 aliphatic carbocycles. The zero-order valence-corrected chi connectivity index (χ0v) is 21.7. The number of anilines is 1. The van der Waals surface area contributed by atoms with Gasteiger partial charge in [0.25, 0.3) is 0 Å². The number of fused-ring (bicyclic) bond motifs is 2. The van der Waals surface area contributed by atoms with Crippen molar-refractivity contribution in [3.05, 3.63) is 83.2 Å². The summed E-state index contributed by atoms with van der Waals surface area (Å²) in [5, 5.41) is 0. The van der Waals surface area contributed by atoms with Gasteiger partial charge in [0.15, 0.2) is 0 Å². The number of ether oxygens (including phenoxy) is 2. The zero-order valence-electron chi connectivity index (χ0n) is 21.7. The molecule has 0 atom stereocenters. The molecule has 2 aliphatic rings. The molecule has 2 N–H and O–H groups in total. The van der Waals surface area contributed by atoms with Crippen LogP contribution >= 0.6 is 0 Å². The van der Waals surface area contributed by atoms with Crippen LogP contribution in [0.25, 0.3) is 22.3 Å². The number of hydrogen-bond donors (Lipinski definition) is 1. The van der Waals surface area contributed by atoms with Gasteiger partial charge in [-0.15, -0.1) is 0 Å². The number of aromatic nitrogens is 2. The molecule has 0 unspecified atom stereocenters. The van der Waals surface area contributed by atoms with E-state index < -0.39 is 0 Å². The maximum atomic E-state index is 10.7. The number of nitrogens with two attached hydrogens (primary N) is 1. The number of pyridine rings is 2. The van der Waals surface area contributed by atoms with Crippen LogP contribution in [0.5, 0.6) is 11.8 Å². The van der Waals surface area contributed by atoms with E-state index in [1.54, 1.807) is 32.7 Å². The van der Waals surface area contributed by atoms with Crippen LogP contribution in [0.2, 0.25) is 0 Å². The fourth-order valence-corrected chi connectivity index (χ4v) is 5.25. The van der Waals surface area contributed by atoms with E-state index in [4.69, 9.17) is 15.2 Å². The van der Waals surface area contributed by atoms with Crippen LogP contribution in [0, 0.1) is 0 Å². The summed E-state index contributed by atoms with van der Waals surface area (Å²) in [4.78, 5) is 22.7. The van der Waals surface area contributed by atoms with Crippen molar-refractivity contribution in [2.45, 2.75) is 38.5 Å². The molecule has 0 spiro atoms. The van der Waals surface area contributed by atoms with Gasteiger partial charge >= 0.3 is 0 Å². The summed E-state index contributed by atoms with van der Waals surface area (Å²) in [5.41, 5.74) is 17.1. The van der Waals surface area contributed by atoms with Gasteiger partial charge < -0.3 is 15.2 Å². The molecular weight excluding hydrogens is 476 g/mol. The number of carbonyl (C=O) groups excluding carboxylic acids is 1. The summed E-state index contributed by atoms with van der Waals surface area (Å²) in [7, 11) is 3.21. The number of isocyanates is 1. The van der Waals surface area contributed by atoms with Gasteiger partial charge in [0.1, 0.15) is 0 Å². The van der Waals surface area contributed by atoms with E-state index in [1.165, 1.54) is 28.7 Å². The summed E-state index contributed by atoms with van der Waals surface area (Å²) in [6.45, 7) is 0. The second-order valence-electron chi connectivity index (χ2n) is 9.43. The van der Waals surface area contributed by atoms with Crippen LogP contribution in [0.1, 0.15) is 35.1 Å². The van der Waals surface area contributed by atoms with Gasteiger partial charge in [0.05, 0.1) is 19.9 Å². The van der Waals surface area contributed by atoms with Crippen molar-refractivity contribution in [2.24, 2.45) is 4.99 Å². The highest BCUT2D eigenvalue weighted by Crippen LogP contribution is 2.37. The SMILES string of the molecule is COc1cc(-c2cc3c(cc2N)CCC3)ccn1.COc1cc(-c2cc3c(cc2N=C=O)CCC3)ccn1. The number of rotatable bonds is 5. The van der Waals surface area contributed by atoms with Crippen molar-refractivity contribution >= 4 is 17.5 Å². The minimum atomic E-state index is 0.545. The minimum Gasteiger partial charge on any atom is -0.481 e. The number of aliphatic imine (C=N–C) groups is 1. The topological polar surface area (TPSA) is 99.7 Å². The van der Waals surface area contributed by atoms with Gasteiger partial charge in [0.2, 0.25) is 17.8 Å². The molecule has 0 amide bonds. The number of aryl methyl sites for hydroxylation is 4. The Morgan fingerprint density at radius 1 is 0.737 bits per heavy atom. The van der Waals surface area contributed by atoms with Crippen molar-refractivity contribution in [3.63, 3.8) is 0 Å². The van der Waals surface area contributed by atoms with Crippen molar-refractivity contribution < 1.29 is 14.3 Å². The maximum absolute atomic E-state index is 10.7. The Balaban J connectivity index is 0.000000156. The van der Waals surface area contributed by atoms with Crippen molar-refractivity contribution in [3.8, 4) is 34.0 Å². The largest absolute Gasteiger partial charge is 0.481 e. The smallest absolute Gasteiger partial charge is 0.240 e. The molecule has 38 heavy (non-hydrogen) atoms. The first-order valence-electron chi connectivity index (χ1n) is 12.8. The maximum Gasteiger partial charge on any atom is 0.240 e. The third-order valence-electron chi connectivity index (χ3n) is 7.15. The van der Waals surface area contributed by atoms with Gasteiger partial charge in [-0.25, -0.2) is 14.8 Å². The summed E-state index contributed by atoms with van der Waals surface area (Å²) in [6.07, 6.45) is 11.9. The van der Waals surface area contributed by atoms with Crippen molar-refractivity contribution in [1.82, 2.24) is 9.97 Å². The molecule has 2 aromatic carbocycles. The lowest BCUT2D eigenvalue weighted by Gasteiger charge is -2.10. The van der Waals surface area contributed by atoms with E-state index >= 15 is 0 Å².